The number of pyridine rings is 1. The van der Waals surface area contributed by atoms with Crippen LogP contribution in [0.4, 0.5) is 5.69 Å². The summed E-state index contributed by atoms with van der Waals surface area (Å²) in [6.45, 7) is 1.80. The molecule has 0 spiro atoms. The normalized spacial score (nSPS) is 11.1. The number of carbonyl (C=O) groups is 1. The van der Waals surface area contributed by atoms with Crippen molar-refractivity contribution in [2.45, 2.75) is 16.7 Å². The first-order valence-electron chi connectivity index (χ1n) is 6.43. The van der Waals surface area contributed by atoms with Gasteiger partial charge in [0.2, 0.25) is 15.5 Å². The molecule has 8 nitrogen and oxygen atoms in total. The third-order valence-corrected chi connectivity index (χ3v) is 5.77. The number of benzene rings is 1. The lowest BCUT2D eigenvalue weighted by Crippen LogP contribution is -2.12. The van der Waals surface area contributed by atoms with E-state index in [2.05, 4.69) is 25.7 Å². The van der Waals surface area contributed by atoms with E-state index in [0.717, 1.165) is 18.7 Å². The smallest absolute Gasteiger partial charge is 0.363 e. The van der Waals surface area contributed by atoms with Crippen LogP contribution in [0.15, 0.2) is 44.7 Å². The average Bonchev–Trinajstić information content (AvgIpc) is 2.53. The van der Waals surface area contributed by atoms with Gasteiger partial charge in [0.15, 0.2) is 0 Å². The molecule has 1 aromatic carbocycles. The zero-order valence-corrected chi connectivity index (χ0v) is 14.9. The molecule has 0 aliphatic heterocycles. The SMILES string of the molecule is COC(=O)c1nc(Br)c(S(=O)(=O)c2ccc(C)cc2)cc1[N+](=O)[O-]. The molecule has 0 unspecified atom stereocenters. The number of rotatable bonds is 4. The highest BCUT2D eigenvalue weighted by Gasteiger charge is 2.30. The van der Waals surface area contributed by atoms with Gasteiger partial charge in [-0.25, -0.2) is 18.2 Å². The van der Waals surface area contributed by atoms with Crippen LogP contribution < -0.4 is 0 Å². The number of aryl methyl sites for hydroxylation is 1. The molecule has 0 aliphatic rings. The van der Waals surface area contributed by atoms with E-state index in [9.17, 15) is 23.3 Å². The molecule has 1 heterocycles. The third kappa shape index (κ3) is 3.29. The first-order chi connectivity index (χ1) is 11.2. The van der Waals surface area contributed by atoms with E-state index in [1.807, 2.05) is 0 Å². The van der Waals surface area contributed by atoms with Crippen molar-refractivity contribution in [1.29, 1.82) is 0 Å². The van der Waals surface area contributed by atoms with Gasteiger partial charge in [-0.3, -0.25) is 10.1 Å². The molecule has 2 rings (SSSR count). The maximum atomic E-state index is 12.7. The molecular formula is C14H11BrN2O6S. The topological polar surface area (TPSA) is 116 Å². The van der Waals surface area contributed by atoms with Crippen LogP contribution in [0.3, 0.4) is 0 Å². The molecule has 0 radical (unpaired) electrons. The van der Waals surface area contributed by atoms with Crippen LogP contribution in [-0.2, 0) is 14.6 Å². The molecule has 0 saturated carbocycles. The van der Waals surface area contributed by atoms with Crippen LogP contribution >= 0.6 is 15.9 Å². The number of esters is 1. The van der Waals surface area contributed by atoms with Crippen LogP contribution in [0.2, 0.25) is 0 Å². The van der Waals surface area contributed by atoms with E-state index in [1.54, 1.807) is 19.1 Å². The van der Waals surface area contributed by atoms with Crippen LogP contribution in [0.25, 0.3) is 0 Å². The van der Waals surface area contributed by atoms with E-state index in [0.29, 0.717) is 0 Å². The summed E-state index contributed by atoms with van der Waals surface area (Å²) in [5, 5.41) is 11.2. The van der Waals surface area contributed by atoms with Crippen molar-refractivity contribution in [3.05, 3.63) is 56.3 Å². The van der Waals surface area contributed by atoms with E-state index >= 15 is 0 Å². The zero-order chi connectivity index (χ0) is 18.1. The molecule has 0 saturated heterocycles. The Balaban J connectivity index is 2.71. The van der Waals surface area contributed by atoms with Crippen molar-refractivity contribution < 1.29 is 22.9 Å². The second-order valence-electron chi connectivity index (χ2n) is 4.71. The van der Waals surface area contributed by atoms with Gasteiger partial charge in [0, 0.05) is 6.07 Å². The molecule has 0 fully saturated rings. The van der Waals surface area contributed by atoms with Crippen molar-refractivity contribution in [1.82, 2.24) is 4.98 Å². The molecule has 10 heteroatoms. The Labute approximate surface area is 145 Å². The molecule has 0 N–H and O–H groups in total. The molecule has 2 aromatic rings. The summed E-state index contributed by atoms with van der Waals surface area (Å²) in [4.78, 5) is 25.1. The maximum absolute atomic E-state index is 12.7. The Bertz CT molecular complexity index is 925. The average molecular weight is 415 g/mol. The van der Waals surface area contributed by atoms with Gasteiger partial charge in [-0.15, -0.1) is 0 Å². The van der Waals surface area contributed by atoms with Gasteiger partial charge in [0.25, 0.3) is 0 Å². The van der Waals surface area contributed by atoms with Crippen molar-refractivity contribution in [3.8, 4) is 0 Å². The molecule has 24 heavy (non-hydrogen) atoms. The molecule has 0 aliphatic carbocycles. The molecule has 126 valence electrons. The largest absolute Gasteiger partial charge is 0.464 e. The number of nitrogens with zero attached hydrogens (tertiary/aromatic N) is 2. The fourth-order valence-corrected chi connectivity index (χ4v) is 4.10. The first kappa shape index (κ1) is 18.0. The fourth-order valence-electron chi connectivity index (χ4n) is 1.88. The summed E-state index contributed by atoms with van der Waals surface area (Å²) in [6.07, 6.45) is 0. The predicted molar refractivity (Wildman–Crippen MR) is 86.6 cm³/mol. The number of nitro groups is 1. The predicted octanol–water partition coefficient (Wildman–Crippen LogP) is 2.68. The summed E-state index contributed by atoms with van der Waals surface area (Å²) in [7, 11) is -3.02. The van der Waals surface area contributed by atoms with Crippen molar-refractivity contribution in [2.24, 2.45) is 0 Å². The van der Waals surface area contributed by atoms with E-state index in [4.69, 9.17) is 0 Å². The molecule has 0 bridgehead atoms. The Hall–Kier alpha value is -2.33. The number of halogens is 1. The van der Waals surface area contributed by atoms with Gasteiger partial charge in [0.05, 0.1) is 16.9 Å². The highest BCUT2D eigenvalue weighted by atomic mass is 79.9. The summed E-state index contributed by atoms with van der Waals surface area (Å²) in [6, 6.07) is 6.77. The second-order valence-corrected chi connectivity index (χ2v) is 7.38. The number of sulfone groups is 1. The Kier molecular flexibility index (Phi) is 4.99. The summed E-state index contributed by atoms with van der Waals surface area (Å²) < 4.78 is 29.6. The van der Waals surface area contributed by atoms with Gasteiger partial charge in [-0.05, 0) is 35.0 Å². The zero-order valence-electron chi connectivity index (χ0n) is 12.5. The number of hydrogen-bond donors (Lipinski definition) is 0. The van der Waals surface area contributed by atoms with Gasteiger partial charge in [-0.1, -0.05) is 17.7 Å². The summed E-state index contributed by atoms with van der Waals surface area (Å²) >= 11 is 2.95. The lowest BCUT2D eigenvalue weighted by Gasteiger charge is -2.08. The van der Waals surface area contributed by atoms with Gasteiger partial charge >= 0.3 is 11.7 Å². The van der Waals surface area contributed by atoms with Gasteiger partial charge in [0.1, 0.15) is 9.50 Å². The summed E-state index contributed by atoms with van der Waals surface area (Å²) in [5.41, 5.74) is -0.480. The van der Waals surface area contributed by atoms with Crippen molar-refractivity contribution >= 4 is 37.4 Å². The molecule has 0 atom stereocenters. The fraction of sp³-hybridized carbons (Fsp3) is 0.143. The quantitative estimate of drug-likeness (QED) is 0.326. The highest BCUT2D eigenvalue weighted by molar-refractivity contribution is 9.10. The van der Waals surface area contributed by atoms with Crippen molar-refractivity contribution in [3.63, 3.8) is 0 Å². The lowest BCUT2D eigenvalue weighted by atomic mass is 10.2. The van der Waals surface area contributed by atoms with Crippen LogP contribution in [0.5, 0.6) is 0 Å². The number of aromatic nitrogens is 1. The number of hydrogen-bond acceptors (Lipinski definition) is 7. The lowest BCUT2D eigenvalue weighted by molar-refractivity contribution is -0.385. The van der Waals surface area contributed by atoms with Crippen LogP contribution in [-0.4, -0.2) is 31.4 Å². The van der Waals surface area contributed by atoms with E-state index in [1.165, 1.54) is 12.1 Å². The minimum atomic E-state index is -4.06. The minimum absolute atomic E-state index is 0.0456. The Morgan fingerprint density at radius 2 is 1.88 bits per heavy atom. The minimum Gasteiger partial charge on any atom is -0.464 e. The van der Waals surface area contributed by atoms with E-state index < -0.39 is 37.0 Å². The third-order valence-electron chi connectivity index (χ3n) is 3.12. The van der Waals surface area contributed by atoms with Crippen LogP contribution in [0.1, 0.15) is 16.1 Å². The highest BCUT2D eigenvalue weighted by Crippen LogP contribution is 2.32. The number of carbonyl (C=O) groups excluding carboxylic acids is 1. The molecule has 1 aromatic heterocycles. The van der Waals surface area contributed by atoms with Crippen LogP contribution in [0, 0.1) is 17.0 Å². The van der Waals surface area contributed by atoms with E-state index in [-0.39, 0.29) is 9.50 Å². The summed E-state index contributed by atoms with van der Waals surface area (Å²) in [5.74, 6) is -1.04. The number of ether oxygens (including phenoxy) is 1. The maximum Gasteiger partial charge on any atom is 0.363 e. The monoisotopic (exact) mass is 414 g/mol. The van der Waals surface area contributed by atoms with Gasteiger partial charge < -0.3 is 4.74 Å². The first-order valence-corrected chi connectivity index (χ1v) is 8.71. The standard InChI is InChI=1S/C14H11BrN2O6S/c1-8-3-5-9(6-4-8)24(21,22)11-7-10(17(19)20)12(14(18)23-2)16-13(11)15/h3-7H,1-2H3. The number of methoxy groups -OCH3 is 1. The second kappa shape index (κ2) is 6.65. The Morgan fingerprint density at radius 1 is 1.29 bits per heavy atom. The Morgan fingerprint density at radius 3 is 2.38 bits per heavy atom. The molecular weight excluding hydrogens is 404 g/mol. The van der Waals surface area contributed by atoms with Gasteiger partial charge in [-0.2, -0.15) is 0 Å². The molecule has 0 amide bonds. The van der Waals surface area contributed by atoms with Crippen molar-refractivity contribution in [2.75, 3.05) is 7.11 Å².